The summed E-state index contributed by atoms with van der Waals surface area (Å²) in [6.07, 6.45) is 4.69. The molecule has 5 heteroatoms. The van der Waals surface area contributed by atoms with E-state index < -0.39 is 6.10 Å². The van der Waals surface area contributed by atoms with Gasteiger partial charge in [-0.05, 0) is 61.3 Å². The highest BCUT2D eigenvalue weighted by molar-refractivity contribution is 5.49. The molecule has 0 radical (unpaired) electrons. The number of ether oxygens (including phenoxy) is 2. The van der Waals surface area contributed by atoms with Crippen molar-refractivity contribution in [3.05, 3.63) is 24.3 Å². The van der Waals surface area contributed by atoms with E-state index in [0.29, 0.717) is 24.7 Å². The molecule has 5 nitrogen and oxygen atoms in total. The fourth-order valence-electron chi connectivity index (χ4n) is 4.68. The van der Waals surface area contributed by atoms with E-state index in [2.05, 4.69) is 42.7 Å². The average Bonchev–Trinajstić information content (AvgIpc) is 2.72. The van der Waals surface area contributed by atoms with Gasteiger partial charge in [0.25, 0.3) is 0 Å². The monoisotopic (exact) mass is 404 g/mol. The summed E-state index contributed by atoms with van der Waals surface area (Å²) in [6.45, 7) is 12.1. The summed E-state index contributed by atoms with van der Waals surface area (Å²) in [5, 5.41) is 10.5. The van der Waals surface area contributed by atoms with Crippen LogP contribution in [0.4, 0.5) is 5.69 Å². The highest BCUT2D eigenvalue weighted by Crippen LogP contribution is 2.38. The van der Waals surface area contributed by atoms with Crippen molar-refractivity contribution in [3.8, 4) is 5.75 Å². The maximum absolute atomic E-state index is 10.5. The number of nitrogens with zero attached hydrogens (tertiary/aromatic N) is 2. The number of piperazine rings is 1. The molecule has 2 fully saturated rings. The zero-order chi connectivity index (χ0) is 20.9. The third-order valence-corrected chi connectivity index (χ3v) is 6.70. The SMILES string of the molecule is COc1ccc(N2CCN(C[C@@H](O)COC3CCC(C(C)(C)C)CC3)CC2)cc1. The quantitative estimate of drug-likeness (QED) is 0.749. The van der Waals surface area contributed by atoms with Crippen molar-refractivity contribution < 1.29 is 14.6 Å². The molecule has 1 atom stereocenters. The molecule has 0 bridgehead atoms. The number of methoxy groups -OCH3 is 1. The van der Waals surface area contributed by atoms with Crippen LogP contribution in [0.3, 0.4) is 0 Å². The minimum atomic E-state index is -0.400. The molecule has 0 amide bonds. The molecule has 1 aliphatic heterocycles. The molecule has 1 saturated carbocycles. The van der Waals surface area contributed by atoms with E-state index >= 15 is 0 Å². The van der Waals surface area contributed by atoms with Gasteiger partial charge in [-0.3, -0.25) is 4.90 Å². The summed E-state index contributed by atoms with van der Waals surface area (Å²) < 4.78 is 11.3. The number of hydrogen-bond donors (Lipinski definition) is 1. The smallest absolute Gasteiger partial charge is 0.119 e. The highest BCUT2D eigenvalue weighted by atomic mass is 16.5. The molecule has 0 unspecified atom stereocenters. The van der Waals surface area contributed by atoms with Crippen molar-refractivity contribution in [2.24, 2.45) is 11.3 Å². The molecule has 0 spiro atoms. The first-order valence-electron chi connectivity index (χ1n) is 11.3. The van der Waals surface area contributed by atoms with Crippen LogP contribution in [0.1, 0.15) is 46.5 Å². The Morgan fingerprint density at radius 2 is 1.62 bits per heavy atom. The zero-order valence-corrected chi connectivity index (χ0v) is 18.8. The lowest BCUT2D eigenvalue weighted by molar-refractivity contribution is -0.0446. The minimum Gasteiger partial charge on any atom is -0.497 e. The van der Waals surface area contributed by atoms with E-state index in [9.17, 15) is 5.11 Å². The van der Waals surface area contributed by atoms with E-state index in [1.807, 2.05) is 12.1 Å². The summed E-state index contributed by atoms with van der Waals surface area (Å²) in [4.78, 5) is 4.75. The first kappa shape index (κ1) is 22.4. The van der Waals surface area contributed by atoms with Crippen LogP contribution >= 0.6 is 0 Å². The lowest BCUT2D eigenvalue weighted by Crippen LogP contribution is -2.49. The van der Waals surface area contributed by atoms with Gasteiger partial charge in [-0.15, -0.1) is 0 Å². The van der Waals surface area contributed by atoms with Crippen molar-refractivity contribution in [2.45, 2.75) is 58.7 Å². The topological polar surface area (TPSA) is 45.2 Å². The molecule has 0 aromatic heterocycles. The van der Waals surface area contributed by atoms with Gasteiger partial charge in [0.15, 0.2) is 0 Å². The van der Waals surface area contributed by atoms with Gasteiger partial charge >= 0.3 is 0 Å². The number of benzene rings is 1. The molecule has 2 aliphatic rings. The second-order valence-electron chi connectivity index (χ2n) is 9.81. The number of β-amino-alcohol motifs (C(OH)–C–C–N with tert-alkyl or cyclic N) is 1. The number of aliphatic hydroxyl groups is 1. The van der Waals surface area contributed by atoms with E-state index in [4.69, 9.17) is 9.47 Å². The van der Waals surface area contributed by atoms with Crippen molar-refractivity contribution in [1.29, 1.82) is 0 Å². The van der Waals surface area contributed by atoms with E-state index in [0.717, 1.165) is 50.7 Å². The van der Waals surface area contributed by atoms with Gasteiger partial charge in [0.05, 0.1) is 25.9 Å². The van der Waals surface area contributed by atoms with Gasteiger partial charge in [0.1, 0.15) is 5.75 Å². The lowest BCUT2D eigenvalue weighted by atomic mass is 9.72. The fraction of sp³-hybridized carbons (Fsp3) is 0.750. The Labute approximate surface area is 177 Å². The molecule has 29 heavy (non-hydrogen) atoms. The van der Waals surface area contributed by atoms with Crippen LogP contribution in [0.15, 0.2) is 24.3 Å². The molecule has 1 saturated heterocycles. The summed E-state index contributed by atoms with van der Waals surface area (Å²) in [6, 6.07) is 8.26. The van der Waals surface area contributed by atoms with Gasteiger partial charge in [-0.1, -0.05) is 20.8 Å². The number of anilines is 1. The van der Waals surface area contributed by atoms with E-state index in [1.54, 1.807) is 7.11 Å². The Morgan fingerprint density at radius 3 is 2.17 bits per heavy atom. The van der Waals surface area contributed by atoms with Crippen LogP contribution in [0.2, 0.25) is 0 Å². The molecule has 1 N–H and O–H groups in total. The van der Waals surface area contributed by atoms with Gasteiger partial charge in [-0.2, -0.15) is 0 Å². The highest BCUT2D eigenvalue weighted by Gasteiger charge is 2.30. The Kier molecular flexibility index (Phi) is 7.83. The minimum absolute atomic E-state index is 0.329. The molecule has 3 rings (SSSR count). The molecule has 1 aromatic rings. The van der Waals surface area contributed by atoms with Crippen molar-refractivity contribution in [3.63, 3.8) is 0 Å². The van der Waals surface area contributed by atoms with Crippen LogP contribution in [-0.4, -0.2) is 68.7 Å². The summed E-state index contributed by atoms with van der Waals surface area (Å²) >= 11 is 0. The second-order valence-corrected chi connectivity index (χ2v) is 9.81. The Hall–Kier alpha value is -1.30. The molecule has 1 heterocycles. The largest absolute Gasteiger partial charge is 0.497 e. The molecular formula is C24H40N2O3. The normalized spacial score (nSPS) is 25.1. The summed E-state index contributed by atoms with van der Waals surface area (Å²) in [5.74, 6) is 1.69. The predicted octanol–water partition coefficient (Wildman–Crippen LogP) is 3.80. The van der Waals surface area contributed by atoms with E-state index in [1.165, 1.54) is 18.5 Å². The van der Waals surface area contributed by atoms with E-state index in [-0.39, 0.29) is 0 Å². The van der Waals surface area contributed by atoms with Gasteiger partial charge in [0, 0.05) is 38.4 Å². The zero-order valence-electron chi connectivity index (χ0n) is 18.8. The summed E-state index contributed by atoms with van der Waals surface area (Å²) in [5.41, 5.74) is 1.64. The number of rotatable bonds is 7. The average molecular weight is 405 g/mol. The summed E-state index contributed by atoms with van der Waals surface area (Å²) in [7, 11) is 1.69. The molecule has 1 aromatic carbocycles. The molecule has 164 valence electrons. The van der Waals surface area contributed by atoms with Crippen molar-refractivity contribution in [2.75, 3.05) is 51.3 Å². The maximum atomic E-state index is 10.5. The van der Waals surface area contributed by atoms with Crippen LogP contribution in [0.5, 0.6) is 5.75 Å². The first-order chi connectivity index (χ1) is 13.8. The Morgan fingerprint density at radius 1 is 1.00 bits per heavy atom. The molecular weight excluding hydrogens is 364 g/mol. The fourth-order valence-corrected chi connectivity index (χ4v) is 4.68. The number of hydrogen-bond acceptors (Lipinski definition) is 5. The van der Waals surface area contributed by atoms with Crippen LogP contribution < -0.4 is 9.64 Å². The van der Waals surface area contributed by atoms with Crippen LogP contribution in [-0.2, 0) is 4.74 Å². The first-order valence-corrected chi connectivity index (χ1v) is 11.3. The number of aliphatic hydroxyl groups excluding tert-OH is 1. The van der Waals surface area contributed by atoms with Crippen LogP contribution in [0, 0.1) is 11.3 Å². The third kappa shape index (κ3) is 6.59. The maximum Gasteiger partial charge on any atom is 0.119 e. The van der Waals surface area contributed by atoms with Crippen molar-refractivity contribution >= 4 is 5.69 Å². The van der Waals surface area contributed by atoms with Crippen molar-refractivity contribution in [1.82, 2.24) is 4.90 Å². The lowest BCUT2D eigenvalue weighted by Gasteiger charge is -2.38. The Bertz CT molecular complexity index is 598. The second kappa shape index (κ2) is 10.1. The predicted molar refractivity (Wildman–Crippen MR) is 119 cm³/mol. The third-order valence-electron chi connectivity index (χ3n) is 6.70. The Balaban J connectivity index is 1.33. The van der Waals surface area contributed by atoms with Crippen LogP contribution in [0.25, 0.3) is 0 Å². The van der Waals surface area contributed by atoms with Gasteiger partial charge < -0.3 is 19.5 Å². The standard InChI is InChI=1S/C24H40N2O3/c1-24(2,3)19-5-9-23(10-6-19)29-18-21(27)17-25-13-15-26(16-14-25)20-7-11-22(28-4)12-8-20/h7-8,11-12,19,21,23,27H,5-6,9-10,13-18H2,1-4H3/t19?,21-,23?/m1/s1. The van der Waals surface area contributed by atoms with Gasteiger partial charge in [0.2, 0.25) is 0 Å². The van der Waals surface area contributed by atoms with Gasteiger partial charge in [-0.25, -0.2) is 0 Å². The molecule has 1 aliphatic carbocycles.